The highest BCUT2D eigenvalue weighted by Gasteiger charge is 2.39. The molecular weight excluding hydrogens is 611 g/mol. The van der Waals surface area contributed by atoms with E-state index in [1.54, 1.807) is 18.9 Å². The minimum Gasteiger partial charge on any atom is -0.385 e. The van der Waals surface area contributed by atoms with Crippen molar-refractivity contribution in [2.24, 2.45) is 0 Å². The van der Waals surface area contributed by atoms with Gasteiger partial charge in [-0.15, -0.1) is 12.6 Å². The second-order valence-corrected chi connectivity index (χ2v) is 16.5. The van der Waals surface area contributed by atoms with Crippen LogP contribution in [0.1, 0.15) is 84.3 Å². The van der Waals surface area contributed by atoms with Gasteiger partial charge in [-0.3, -0.25) is 0 Å². The predicted octanol–water partition coefficient (Wildman–Crippen LogP) is 10.1. The normalized spacial score (nSPS) is 17.8. The average Bonchev–Trinajstić information content (AvgIpc) is 3.51. The van der Waals surface area contributed by atoms with Gasteiger partial charge in [0.2, 0.25) is 0 Å². The molecule has 0 atom stereocenters. The van der Waals surface area contributed by atoms with Crippen LogP contribution in [0.2, 0.25) is 0 Å². The lowest BCUT2D eigenvalue weighted by atomic mass is 9.80. The monoisotopic (exact) mass is 663 g/mol. The Bertz CT molecular complexity index is 1460. The summed E-state index contributed by atoms with van der Waals surface area (Å²) in [5, 5.41) is 3.69. The summed E-state index contributed by atoms with van der Waals surface area (Å²) in [5.41, 5.74) is 9.35. The van der Waals surface area contributed by atoms with E-state index in [-0.39, 0.29) is 16.6 Å². The largest absolute Gasteiger partial charge is 0.385 e. The van der Waals surface area contributed by atoms with Crippen LogP contribution in [-0.4, -0.2) is 49.3 Å². The number of thiol groups is 1. The number of anilines is 2. The Morgan fingerprint density at radius 3 is 2.67 bits per heavy atom. The molecule has 0 saturated carbocycles. The van der Waals surface area contributed by atoms with Crippen molar-refractivity contribution in [3.05, 3.63) is 82.6 Å². The molecule has 0 unspecified atom stereocenters. The van der Waals surface area contributed by atoms with Gasteiger partial charge in [0.1, 0.15) is 5.78 Å². The fourth-order valence-corrected chi connectivity index (χ4v) is 7.93. The van der Waals surface area contributed by atoms with Crippen LogP contribution >= 0.6 is 36.3 Å². The summed E-state index contributed by atoms with van der Waals surface area (Å²) in [4.78, 5) is 16.0. The van der Waals surface area contributed by atoms with E-state index in [0.29, 0.717) is 6.42 Å². The third-order valence-corrected chi connectivity index (χ3v) is 11.0. The standard InChI is InChI=1S/C38H53N3OS3/c1-27(42)11-9-21-40(6)45-31-15-17-35-33(26-31)38(4,5)36(41(35)7)24-29-13-12-28(23-29)18-19-37(2,3)32-25-30(43)14-16-34(32)39-20-10-22-44-8/h14-18,23-26,39,43H,9-13,19-22H2,1-8H3/b28-18+,36-24+. The van der Waals surface area contributed by atoms with Crippen molar-refractivity contribution >= 4 is 53.5 Å². The maximum atomic E-state index is 11.3. The van der Waals surface area contributed by atoms with Gasteiger partial charge in [-0.2, -0.15) is 11.8 Å². The molecule has 45 heavy (non-hydrogen) atoms. The number of likely N-dealkylation sites (N-methyl/N-ethyl adjacent to an activating group) is 1. The molecule has 2 aromatic carbocycles. The Labute approximate surface area is 287 Å². The van der Waals surface area contributed by atoms with Crippen LogP contribution < -0.4 is 10.2 Å². The Morgan fingerprint density at radius 1 is 1.16 bits per heavy atom. The minimum atomic E-state index is -0.0831. The summed E-state index contributed by atoms with van der Waals surface area (Å²) < 4.78 is 2.24. The van der Waals surface area contributed by atoms with Gasteiger partial charge < -0.3 is 15.0 Å². The highest BCUT2D eigenvalue weighted by atomic mass is 32.2. The molecule has 0 saturated heterocycles. The first-order chi connectivity index (χ1) is 21.3. The number of fused-ring (bicyclic) bond motifs is 1. The van der Waals surface area contributed by atoms with Gasteiger partial charge in [-0.25, -0.2) is 4.31 Å². The average molecular weight is 664 g/mol. The van der Waals surface area contributed by atoms with Crippen molar-refractivity contribution in [2.75, 3.05) is 49.4 Å². The third-order valence-electron chi connectivity index (χ3n) is 9.11. The van der Waals surface area contributed by atoms with Gasteiger partial charge in [-0.1, -0.05) is 45.4 Å². The van der Waals surface area contributed by atoms with E-state index in [4.69, 9.17) is 0 Å². The topological polar surface area (TPSA) is 35.6 Å². The summed E-state index contributed by atoms with van der Waals surface area (Å²) >= 11 is 8.35. The molecule has 1 N–H and O–H groups in total. The van der Waals surface area contributed by atoms with Gasteiger partial charge in [-0.05, 0) is 135 Å². The van der Waals surface area contributed by atoms with Gasteiger partial charge in [0.05, 0.1) is 0 Å². The van der Waals surface area contributed by atoms with Crippen LogP contribution in [-0.2, 0) is 15.6 Å². The smallest absolute Gasteiger partial charge is 0.129 e. The van der Waals surface area contributed by atoms with Gasteiger partial charge >= 0.3 is 0 Å². The molecule has 1 aliphatic heterocycles. The highest BCUT2D eigenvalue weighted by molar-refractivity contribution is 7.98. The number of nitrogens with one attached hydrogen (secondary N) is 1. The number of benzene rings is 2. The molecule has 2 aliphatic rings. The molecule has 7 heteroatoms. The van der Waals surface area contributed by atoms with Crippen molar-refractivity contribution in [3.63, 3.8) is 0 Å². The van der Waals surface area contributed by atoms with Gasteiger partial charge in [0, 0.05) is 58.8 Å². The van der Waals surface area contributed by atoms with Crippen molar-refractivity contribution in [3.8, 4) is 0 Å². The van der Waals surface area contributed by atoms with E-state index >= 15 is 0 Å². The first-order valence-electron chi connectivity index (χ1n) is 16.3. The lowest BCUT2D eigenvalue weighted by Gasteiger charge is -2.28. The van der Waals surface area contributed by atoms with Crippen LogP contribution in [0.15, 0.2) is 81.3 Å². The molecule has 0 spiro atoms. The molecule has 244 valence electrons. The Kier molecular flexibility index (Phi) is 12.5. The number of thioether (sulfide) groups is 1. The van der Waals surface area contributed by atoms with Crippen LogP contribution in [0.25, 0.3) is 0 Å². The van der Waals surface area contributed by atoms with Crippen molar-refractivity contribution < 1.29 is 4.79 Å². The highest BCUT2D eigenvalue weighted by Crippen LogP contribution is 2.49. The Hall–Kier alpha value is -2.06. The third kappa shape index (κ3) is 9.27. The van der Waals surface area contributed by atoms with E-state index in [1.807, 2.05) is 11.8 Å². The summed E-state index contributed by atoms with van der Waals surface area (Å²) in [6.45, 7) is 13.0. The number of nitrogens with zero attached hydrogens (tertiary/aromatic N) is 2. The zero-order chi connectivity index (χ0) is 32.8. The lowest BCUT2D eigenvalue weighted by molar-refractivity contribution is -0.117. The Morgan fingerprint density at radius 2 is 1.93 bits per heavy atom. The number of carbonyl (C=O) groups is 1. The lowest BCUT2D eigenvalue weighted by Crippen LogP contribution is -2.23. The summed E-state index contributed by atoms with van der Waals surface area (Å²) in [7, 11) is 4.32. The van der Waals surface area contributed by atoms with E-state index in [1.165, 1.54) is 50.0 Å². The van der Waals surface area contributed by atoms with E-state index in [0.717, 1.165) is 50.1 Å². The summed E-state index contributed by atoms with van der Waals surface area (Å²) in [6, 6.07) is 13.4. The van der Waals surface area contributed by atoms with E-state index in [9.17, 15) is 4.79 Å². The predicted molar refractivity (Wildman–Crippen MR) is 203 cm³/mol. The Balaban J connectivity index is 1.46. The number of Topliss-reactive ketones (excluding diaryl/α,β-unsaturated/α-hetero) is 1. The van der Waals surface area contributed by atoms with Crippen LogP contribution in [0.3, 0.4) is 0 Å². The quantitative estimate of drug-likeness (QED) is 0.112. The van der Waals surface area contributed by atoms with Gasteiger partial charge in [0.15, 0.2) is 0 Å². The first kappa shape index (κ1) is 35.8. The first-order valence-corrected chi connectivity index (χ1v) is 18.9. The minimum absolute atomic E-state index is 0.00480. The fraction of sp³-hybridized carbons (Fsp3) is 0.500. The zero-order valence-electron chi connectivity index (χ0n) is 28.6. The van der Waals surface area contributed by atoms with Crippen molar-refractivity contribution in [1.29, 1.82) is 0 Å². The summed E-state index contributed by atoms with van der Waals surface area (Å²) in [5.74, 6) is 1.44. The molecule has 0 amide bonds. The van der Waals surface area contributed by atoms with Crippen LogP contribution in [0, 0.1) is 0 Å². The molecule has 2 aromatic rings. The molecule has 4 nitrogen and oxygen atoms in total. The maximum absolute atomic E-state index is 11.3. The van der Waals surface area contributed by atoms with E-state index in [2.05, 4.69) is 130 Å². The van der Waals surface area contributed by atoms with Crippen LogP contribution in [0.5, 0.6) is 0 Å². The molecule has 0 bridgehead atoms. The van der Waals surface area contributed by atoms with Crippen molar-refractivity contribution in [2.45, 2.75) is 93.8 Å². The van der Waals surface area contributed by atoms with Crippen molar-refractivity contribution in [1.82, 2.24) is 4.31 Å². The number of rotatable bonds is 15. The second-order valence-electron chi connectivity index (χ2n) is 13.7. The van der Waals surface area contributed by atoms with Gasteiger partial charge in [0.25, 0.3) is 0 Å². The fourth-order valence-electron chi connectivity index (χ4n) is 6.41. The van der Waals surface area contributed by atoms with Crippen LogP contribution in [0.4, 0.5) is 11.4 Å². The summed E-state index contributed by atoms with van der Waals surface area (Å²) in [6.07, 6.45) is 15.3. The SMILES string of the molecule is CSCCCNc1ccc(S)cc1C(C)(C)C/C=C1C=C(/C=C2/N(C)c3ccc(SN(C)CCCC(C)=O)cc3C2(C)C)CC/1. The second kappa shape index (κ2) is 15.7. The zero-order valence-corrected chi connectivity index (χ0v) is 31.2. The maximum Gasteiger partial charge on any atom is 0.129 e. The molecule has 0 radical (unpaired) electrons. The molecule has 0 fully saturated rings. The molecule has 4 rings (SSSR count). The molecule has 1 heterocycles. The molecule has 1 aliphatic carbocycles. The molecule has 0 aromatic heterocycles. The number of hydrogen-bond donors (Lipinski definition) is 2. The van der Waals surface area contributed by atoms with E-state index < -0.39 is 0 Å². The number of ketones is 1. The number of hydrogen-bond acceptors (Lipinski definition) is 7. The number of carbonyl (C=O) groups excluding carboxylic acids is 1. The number of allylic oxidation sites excluding steroid dienone is 6. The molecular formula is C38H53N3OS3.